The van der Waals surface area contributed by atoms with Crippen LogP contribution in [0.15, 0.2) is 5.16 Å². The largest absolute Gasteiger partial charge is 0.391 e. The van der Waals surface area contributed by atoms with Gasteiger partial charge in [-0.2, -0.15) is 0 Å². The van der Waals surface area contributed by atoms with Gasteiger partial charge in [-0.05, 0) is 23.3 Å². The number of aromatic nitrogens is 4. The molecule has 6 nitrogen and oxygen atoms in total. The molecule has 0 spiro atoms. The van der Waals surface area contributed by atoms with Gasteiger partial charge in [0.1, 0.15) is 0 Å². The van der Waals surface area contributed by atoms with Crippen molar-refractivity contribution in [2.75, 3.05) is 13.1 Å². The van der Waals surface area contributed by atoms with E-state index in [1.54, 1.807) is 11.8 Å². The number of tetrazole rings is 1. The van der Waals surface area contributed by atoms with Crippen molar-refractivity contribution in [1.29, 1.82) is 0 Å². The van der Waals surface area contributed by atoms with Crippen molar-refractivity contribution in [2.24, 2.45) is 0 Å². The Bertz CT molecular complexity index is 379. The molecule has 0 radical (unpaired) electrons. The smallest absolute Gasteiger partial charge is 0.209 e. The van der Waals surface area contributed by atoms with Gasteiger partial charge in [0.05, 0.1) is 17.4 Å². The van der Waals surface area contributed by atoms with E-state index >= 15 is 0 Å². The number of β-amino-alcohol motifs (C(OH)–C–C–N with tert-alkyl or cyclic N) is 1. The molecular formula is C10H17N5OS. The topological polar surface area (TPSA) is 75.9 Å². The third-order valence-electron chi connectivity index (χ3n) is 3.52. The summed E-state index contributed by atoms with van der Waals surface area (Å²) in [5.74, 6) is 0. The summed E-state index contributed by atoms with van der Waals surface area (Å²) in [5, 5.41) is 25.9. The number of aliphatic hydroxyl groups is 1. The van der Waals surface area contributed by atoms with Crippen LogP contribution in [0.5, 0.6) is 0 Å². The van der Waals surface area contributed by atoms with E-state index in [0.717, 1.165) is 11.7 Å². The monoisotopic (exact) mass is 255 g/mol. The summed E-state index contributed by atoms with van der Waals surface area (Å²) in [6.07, 6.45) is 4.58. The van der Waals surface area contributed by atoms with Gasteiger partial charge in [-0.15, -0.1) is 5.10 Å². The van der Waals surface area contributed by atoms with E-state index in [9.17, 15) is 5.11 Å². The minimum atomic E-state index is -0.297. The predicted octanol–water partition coefficient (Wildman–Crippen LogP) is 0.213. The summed E-state index contributed by atoms with van der Waals surface area (Å²) in [5.41, 5.74) is 0. The van der Waals surface area contributed by atoms with Crippen LogP contribution in [0.1, 0.15) is 31.7 Å². The minimum absolute atomic E-state index is 0.168. The second-order valence-electron chi connectivity index (χ2n) is 4.73. The first kappa shape index (κ1) is 11.4. The number of hydrogen-bond acceptors (Lipinski definition) is 6. The maximum Gasteiger partial charge on any atom is 0.209 e. The summed E-state index contributed by atoms with van der Waals surface area (Å²) in [6.45, 7) is 1.49. The molecule has 2 heterocycles. The van der Waals surface area contributed by atoms with Crippen LogP contribution in [0.25, 0.3) is 0 Å². The Morgan fingerprint density at radius 2 is 2.12 bits per heavy atom. The van der Waals surface area contributed by atoms with E-state index in [2.05, 4.69) is 20.8 Å². The molecule has 1 aliphatic heterocycles. The molecule has 1 saturated heterocycles. The van der Waals surface area contributed by atoms with Crippen LogP contribution < -0.4 is 5.32 Å². The highest BCUT2D eigenvalue weighted by atomic mass is 32.2. The van der Waals surface area contributed by atoms with E-state index in [1.807, 2.05) is 4.68 Å². The zero-order valence-electron chi connectivity index (χ0n) is 9.62. The van der Waals surface area contributed by atoms with Crippen LogP contribution >= 0.6 is 11.8 Å². The van der Waals surface area contributed by atoms with Crippen molar-refractivity contribution in [3.63, 3.8) is 0 Å². The molecule has 17 heavy (non-hydrogen) atoms. The van der Waals surface area contributed by atoms with E-state index in [0.29, 0.717) is 12.6 Å². The van der Waals surface area contributed by atoms with Crippen molar-refractivity contribution >= 4 is 11.8 Å². The Kier molecular flexibility index (Phi) is 3.30. The van der Waals surface area contributed by atoms with Gasteiger partial charge < -0.3 is 10.4 Å². The molecule has 0 aromatic carbocycles. The van der Waals surface area contributed by atoms with Gasteiger partial charge in [-0.3, -0.25) is 0 Å². The first-order valence-electron chi connectivity index (χ1n) is 6.18. The van der Waals surface area contributed by atoms with Crippen LogP contribution in [0.2, 0.25) is 0 Å². The lowest BCUT2D eigenvalue weighted by atomic mass is 10.3. The summed E-state index contributed by atoms with van der Waals surface area (Å²) < 4.78 is 1.95. The molecule has 1 saturated carbocycles. The van der Waals surface area contributed by atoms with Crippen LogP contribution in [0.3, 0.4) is 0 Å². The SMILES string of the molecule is OC1CNCC1Sc1nnnn1C1CCCC1. The van der Waals surface area contributed by atoms with Crippen molar-refractivity contribution < 1.29 is 5.11 Å². The number of nitrogens with one attached hydrogen (secondary N) is 1. The van der Waals surface area contributed by atoms with Gasteiger partial charge in [0, 0.05) is 13.1 Å². The first-order chi connectivity index (χ1) is 8.34. The maximum absolute atomic E-state index is 9.78. The summed E-state index contributed by atoms with van der Waals surface area (Å²) in [6, 6.07) is 0.457. The normalized spacial score (nSPS) is 30.2. The fraction of sp³-hybridized carbons (Fsp3) is 0.900. The van der Waals surface area contributed by atoms with Crippen molar-refractivity contribution in [1.82, 2.24) is 25.5 Å². The summed E-state index contributed by atoms with van der Waals surface area (Å²) in [7, 11) is 0. The van der Waals surface area contributed by atoms with Gasteiger partial charge in [0.2, 0.25) is 5.16 Å². The molecule has 7 heteroatoms. The van der Waals surface area contributed by atoms with Gasteiger partial charge in [0.15, 0.2) is 0 Å². The lowest BCUT2D eigenvalue weighted by molar-refractivity contribution is 0.201. The van der Waals surface area contributed by atoms with Crippen molar-refractivity contribution in [2.45, 2.75) is 48.2 Å². The lowest BCUT2D eigenvalue weighted by Gasteiger charge is -2.14. The highest BCUT2D eigenvalue weighted by Gasteiger charge is 2.29. The lowest BCUT2D eigenvalue weighted by Crippen LogP contribution is -2.21. The van der Waals surface area contributed by atoms with Crippen LogP contribution in [-0.2, 0) is 0 Å². The Hall–Kier alpha value is -0.660. The second kappa shape index (κ2) is 4.91. The number of hydrogen-bond donors (Lipinski definition) is 2. The molecule has 2 fully saturated rings. The van der Waals surface area contributed by atoms with Gasteiger partial charge in [-0.25, -0.2) is 4.68 Å². The summed E-state index contributed by atoms with van der Waals surface area (Å²) in [4.78, 5) is 0. The Morgan fingerprint density at radius 1 is 1.29 bits per heavy atom. The van der Waals surface area contributed by atoms with Crippen molar-refractivity contribution in [3.8, 4) is 0 Å². The Morgan fingerprint density at radius 3 is 2.82 bits per heavy atom. The maximum atomic E-state index is 9.78. The highest BCUT2D eigenvalue weighted by molar-refractivity contribution is 7.99. The molecule has 1 aliphatic carbocycles. The molecule has 1 aromatic rings. The third-order valence-corrected chi connectivity index (χ3v) is 4.78. The molecule has 94 valence electrons. The summed E-state index contributed by atoms with van der Waals surface area (Å²) >= 11 is 1.59. The van der Waals surface area contributed by atoms with Gasteiger partial charge in [-0.1, -0.05) is 24.6 Å². The molecule has 2 aliphatic rings. The van der Waals surface area contributed by atoms with E-state index in [1.165, 1.54) is 25.7 Å². The molecule has 2 N–H and O–H groups in total. The number of aliphatic hydroxyl groups excluding tert-OH is 1. The average molecular weight is 255 g/mol. The van der Waals surface area contributed by atoms with E-state index in [4.69, 9.17) is 0 Å². The van der Waals surface area contributed by atoms with Gasteiger partial charge >= 0.3 is 0 Å². The molecule has 0 bridgehead atoms. The molecule has 2 atom stereocenters. The van der Waals surface area contributed by atoms with E-state index < -0.39 is 0 Å². The predicted molar refractivity (Wildman–Crippen MR) is 63.8 cm³/mol. The van der Waals surface area contributed by atoms with Crippen molar-refractivity contribution in [3.05, 3.63) is 0 Å². The first-order valence-corrected chi connectivity index (χ1v) is 7.06. The fourth-order valence-electron chi connectivity index (χ4n) is 2.54. The standard InChI is InChI=1S/C10H17N5OS/c16-8-5-11-6-9(8)17-10-12-13-14-15(10)7-3-1-2-4-7/h7-9,11,16H,1-6H2. The number of rotatable bonds is 3. The molecule has 2 unspecified atom stereocenters. The average Bonchev–Trinajstić information content (AvgIpc) is 3.02. The molecule has 0 amide bonds. The minimum Gasteiger partial charge on any atom is -0.391 e. The fourth-order valence-corrected chi connectivity index (χ4v) is 3.64. The van der Waals surface area contributed by atoms with Crippen LogP contribution in [-0.4, -0.2) is 49.8 Å². The number of nitrogens with zero attached hydrogens (tertiary/aromatic N) is 4. The Labute approximate surface area is 104 Å². The molecular weight excluding hydrogens is 238 g/mol. The quantitative estimate of drug-likeness (QED) is 0.804. The zero-order chi connectivity index (χ0) is 11.7. The van der Waals surface area contributed by atoms with E-state index in [-0.39, 0.29) is 11.4 Å². The highest BCUT2D eigenvalue weighted by Crippen LogP contribution is 2.33. The van der Waals surface area contributed by atoms with Crippen LogP contribution in [0, 0.1) is 0 Å². The van der Waals surface area contributed by atoms with Crippen LogP contribution in [0.4, 0.5) is 0 Å². The number of thioether (sulfide) groups is 1. The second-order valence-corrected chi connectivity index (χ2v) is 5.93. The zero-order valence-corrected chi connectivity index (χ0v) is 10.4. The molecule has 1 aromatic heterocycles. The molecule has 3 rings (SSSR count). The Balaban J connectivity index is 1.72. The third kappa shape index (κ3) is 2.31. The van der Waals surface area contributed by atoms with Gasteiger partial charge in [0.25, 0.3) is 0 Å².